The number of carbonyl (C=O) groups excluding carboxylic acids is 4. The fraction of sp³-hybridized carbons (Fsp3) is 0.692. The van der Waals surface area contributed by atoms with Crippen LogP contribution in [0.5, 0.6) is 0 Å². The molecule has 3 saturated heterocycles. The summed E-state index contributed by atoms with van der Waals surface area (Å²) in [6.45, 7) is 10.9. The smallest absolute Gasteiger partial charge is 0.320 e. The van der Waals surface area contributed by atoms with Gasteiger partial charge in [0.05, 0.1) is 24.9 Å². The highest BCUT2D eigenvalue weighted by atomic mass is 16.7. The number of hydrogen-bond acceptors (Lipinski definition) is 8. The Morgan fingerprint density at radius 2 is 1.82 bits per heavy atom. The zero-order valence-corrected chi connectivity index (χ0v) is 20.8. The van der Waals surface area contributed by atoms with Gasteiger partial charge in [-0.15, -0.1) is 0 Å². The van der Waals surface area contributed by atoms with Gasteiger partial charge in [-0.05, 0) is 64.5 Å². The molecule has 0 bridgehead atoms. The third kappa shape index (κ3) is 2.47. The van der Waals surface area contributed by atoms with Gasteiger partial charge in [0.25, 0.3) is 0 Å². The van der Waals surface area contributed by atoms with Gasteiger partial charge in [0.1, 0.15) is 17.1 Å². The summed E-state index contributed by atoms with van der Waals surface area (Å²) in [4.78, 5) is 53.7. The second-order valence-corrected chi connectivity index (χ2v) is 11.4. The predicted molar refractivity (Wildman–Crippen MR) is 118 cm³/mol. The van der Waals surface area contributed by atoms with Crippen LogP contribution < -0.4 is 0 Å². The molecule has 0 spiro atoms. The highest BCUT2D eigenvalue weighted by molar-refractivity contribution is 6.09. The van der Waals surface area contributed by atoms with Gasteiger partial charge in [0.15, 0.2) is 5.78 Å². The first-order valence-corrected chi connectivity index (χ1v) is 11.9. The molecular formula is C26H32O8. The van der Waals surface area contributed by atoms with Gasteiger partial charge in [0, 0.05) is 5.41 Å². The van der Waals surface area contributed by atoms with Crippen molar-refractivity contribution in [2.45, 2.75) is 78.8 Å². The van der Waals surface area contributed by atoms with E-state index in [0.717, 1.165) is 16.7 Å². The number of fused-ring (bicyclic) bond motifs is 3. The number of carbonyl (C=O) groups is 4. The molecule has 0 unspecified atom stereocenters. The van der Waals surface area contributed by atoms with Crippen molar-refractivity contribution in [1.29, 1.82) is 0 Å². The molecule has 0 aromatic carbocycles. The van der Waals surface area contributed by atoms with E-state index in [9.17, 15) is 19.2 Å². The number of ketones is 1. The van der Waals surface area contributed by atoms with E-state index in [1.807, 2.05) is 33.8 Å². The molecule has 3 aliphatic heterocycles. The molecule has 184 valence electrons. The number of ether oxygens (including phenoxy) is 4. The van der Waals surface area contributed by atoms with Crippen molar-refractivity contribution in [1.82, 2.24) is 0 Å². The Balaban J connectivity index is 1.84. The van der Waals surface area contributed by atoms with E-state index in [2.05, 4.69) is 0 Å². The lowest BCUT2D eigenvalue weighted by atomic mass is 9.39. The van der Waals surface area contributed by atoms with Crippen LogP contribution in [-0.2, 0) is 38.1 Å². The van der Waals surface area contributed by atoms with Crippen molar-refractivity contribution in [3.05, 3.63) is 22.8 Å². The first kappa shape index (κ1) is 23.3. The van der Waals surface area contributed by atoms with Gasteiger partial charge < -0.3 is 18.9 Å². The highest BCUT2D eigenvalue weighted by Crippen LogP contribution is 2.72. The van der Waals surface area contributed by atoms with Gasteiger partial charge in [-0.2, -0.15) is 0 Å². The van der Waals surface area contributed by atoms with Crippen molar-refractivity contribution in [2.24, 2.45) is 28.1 Å². The average molecular weight is 473 g/mol. The minimum absolute atomic E-state index is 0.111. The van der Waals surface area contributed by atoms with E-state index in [0.29, 0.717) is 12.8 Å². The number of allylic oxidation sites excluding steroid dienone is 2. The Morgan fingerprint density at radius 1 is 1.15 bits per heavy atom. The molecule has 0 amide bonds. The molecule has 8 heteroatoms. The lowest BCUT2D eigenvalue weighted by Gasteiger charge is -2.61. The van der Waals surface area contributed by atoms with Crippen LogP contribution in [0.3, 0.4) is 0 Å². The Hall–Kier alpha value is -2.48. The standard InChI is InChI=1S/C26H32O8/c1-12-14-10-17(27)34-23(3,4)15(14)8-9-25(6)16(12)11-24(5)18-20(33-21(24)29)32-13(2)19(28)26(18,25)22(30)31-7/h8,13,16,18,20H,9-11H2,1-7H3/t13-,16-,18+,20+,24+,25-,26-/m0/s1. The molecular weight excluding hydrogens is 440 g/mol. The molecule has 34 heavy (non-hydrogen) atoms. The van der Waals surface area contributed by atoms with E-state index < -0.39 is 52.1 Å². The Bertz CT molecular complexity index is 1100. The predicted octanol–water partition coefficient (Wildman–Crippen LogP) is 3.04. The van der Waals surface area contributed by atoms with Crippen molar-refractivity contribution in [2.75, 3.05) is 7.11 Å². The summed E-state index contributed by atoms with van der Waals surface area (Å²) >= 11 is 0. The Kier molecular flexibility index (Phi) is 4.66. The topological polar surface area (TPSA) is 105 Å². The van der Waals surface area contributed by atoms with Crippen LogP contribution in [0.1, 0.15) is 60.8 Å². The van der Waals surface area contributed by atoms with E-state index in [-0.39, 0.29) is 24.1 Å². The third-order valence-corrected chi connectivity index (χ3v) is 9.41. The molecule has 7 atom stereocenters. The summed E-state index contributed by atoms with van der Waals surface area (Å²) in [7, 11) is 1.28. The first-order valence-electron chi connectivity index (χ1n) is 11.9. The van der Waals surface area contributed by atoms with Gasteiger partial charge in [0.2, 0.25) is 6.29 Å². The summed E-state index contributed by atoms with van der Waals surface area (Å²) in [6.07, 6.45) is 0.918. The summed E-state index contributed by atoms with van der Waals surface area (Å²) in [5.74, 6) is -3.00. The van der Waals surface area contributed by atoms with Crippen molar-refractivity contribution >= 4 is 23.7 Å². The molecule has 0 aromatic rings. The molecule has 0 N–H and O–H groups in total. The van der Waals surface area contributed by atoms with Crippen LogP contribution in [0, 0.1) is 28.1 Å². The Labute approximate surface area is 199 Å². The van der Waals surface area contributed by atoms with E-state index in [1.54, 1.807) is 13.8 Å². The van der Waals surface area contributed by atoms with Crippen molar-refractivity contribution < 1.29 is 38.1 Å². The number of hydrogen-bond donors (Lipinski definition) is 0. The summed E-state index contributed by atoms with van der Waals surface area (Å²) < 4.78 is 22.5. The van der Waals surface area contributed by atoms with Crippen molar-refractivity contribution in [3.8, 4) is 0 Å². The second kappa shape index (κ2) is 6.80. The molecule has 2 aliphatic carbocycles. The van der Waals surface area contributed by atoms with Gasteiger partial charge >= 0.3 is 17.9 Å². The summed E-state index contributed by atoms with van der Waals surface area (Å²) in [5, 5.41) is 0. The lowest BCUT2D eigenvalue weighted by Crippen LogP contribution is -2.72. The molecule has 0 radical (unpaired) electrons. The molecule has 3 heterocycles. The fourth-order valence-corrected chi connectivity index (χ4v) is 7.81. The summed E-state index contributed by atoms with van der Waals surface area (Å²) in [6, 6.07) is 0. The SMILES string of the molecule is COC(=O)[C@]12C(=O)[C@H](C)O[C@@H]3OC(=O)[C@](C)(C[C@H]4C(C)=C5CC(=O)OC(C)(C)C5=CC[C@@]41C)[C@@H]32. The fourth-order valence-electron chi connectivity index (χ4n) is 7.81. The highest BCUT2D eigenvalue weighted by Gasteiger charge is 2.81. The number of rotatable bonds is 1. The number of esters is 3. The molecule has 0 aromatic heterocycles. The van der Waals surface area contributed by atoms with Crippen LogP contribution in [0.15, 0.2) is 22.8 Å². The quantitative estimate of drug-likeness (QED) is 0.326. The van der Waals surface area contributed by atoms with Crippen LogP contribution in [0.4, 0.5) is 0 Å². The maximum Gasteiger partial charge on any atom is 0.320 e. The van der Waals surface area contributed by atoms with Gasteiger partial charge in [-0.3, -0.25) is 19.2 Å². The Morgan fingerprint density at radius 3 is 2.47 bits per heavy atom. The van der Waals surface area contributed by atoms with Crippen LogP contribution in [0.2, 0.25) is 0 Å². The van der Waals surface area contributed by atoms with Crippen molar-refractivity contribution in [3.63, 3.8) is 0 Å². The minimum atomic E-state index is -1.66. The normalized spacial score (nSPS) is 44.7. The molecule has 5 rings (SSSR count). The monoisotopic (exact) mass is 472 g/mol. The zero-order valence-electron chi connectivity index (χ0n) is 20.8. The van der Waals surface area contributed by atoms with E-state index in [1.165, 1.54) is 7.11 Å². The zero-order chi connectivity index (χ0) is 25.0. The summed E-state index contributed by atoms with van der Waals surface area (Å²) in [5.41, 5.74) is -1.91. The van der Waals surface area contributed by atoms with Crippen LogP contribution in [0.25, 0.3) is 0 Å². The number of cyclic esters (lactones) is 1. The number of Topliss-reactive ketones (excluding diaryl/α,β-unsaturated/α-hetero) is 1. The first-order chi connectivity index (χ1) is 15.8. The van der Waals surface area contributed by atoms with Gasteiger partial charge in [-0.1, -0.05) is 18.6 Å². The van der Waals surface area contributed by atoms with E-state index >= 15 is 0 Å². The maximum absolute atomic E-state index is 14.1. The number of methoxy groups -OCH3 is 1. The van der Waals surface area contributed by atoms with Crippen LogP contribution >= 0.6 is 0 Å². The maximum atomic E-state index is 14.1. The minimum Gasteiger partial charge on any atom is -0.468 e. The molecule has 5 aliphatic rings. The molecule has 8 nitrogen and oxygen atoms in total. The lowest BCUT2D eigenvalue weighted by molar-refractivity contribution is -0.251. The largest absolute Gasteiger partial charge is 0.468 e. The third-order valence-electron chi connectivity index (χ3n) is 9.41. The van der Waals surface area contributed by atoms with Gasteiger partial charge in [-0.25, -0.2) is 0 Å². The molecule has 1 saturated carbocycles. The van der Waals surface area contributed by atoms with Crippen LogP contribution in [-0.4, -0.2) is 48.8 Å². The second-order valence-electron chi connectivity index (χ2n) is 11.4. The molecule has 4 fully saturated rings. The average Bonchev–Trinajstić information content (AvgIpc) is 2.93. The van der Waals surface area contributed by atoms with E-state index in [4.69, 9.17) is 18.9 Å².